The zero-order valence-corrected chi connectivity index (χ0v) is 15.0. The van der Waals surface area contributed by atoms with Crippen molar-refractivity contribution in [2.45, 2.75) is 51.0 Å². The zero-order valence-electron chi connectivity index (χ0n) is 15.0. The van der Waals surface area contributed by atoms with Gasteiger partial charge in [-0.2, -0.15) is 5.10 Å². The molecule has 0 spiro atoms. The number of H-pyrrole nitrogens is 1. The summed E-state index contributed by atoms with van der Waals surface area (Å²) < 4.78 is 5.26. The number of carbonyl (C=O) groups is 2. The van der Waals surface area contributed by atoms with Crippen LogP contribution in [0.3, 0.4) is 0 Å². The van der Waals surface area contributed by atoms with Crippen LogP contribution in [0, 0.1) is 0 Å². The molecule has 2 fully saturated rings. The number of carbonyl (C=O) groups excluding carboxylic acids is 2. The van der Waals surface area contributed by atoms with Gasteiger partial charge in [0.2, 0.25) is 0 Å². The number of likely N-dealkylation sites (tertiary alicyclic amines) is 1. The highest BCUT2D eigenvalue weighted by Crippen LogP contribution is 2.41. The number of nitrogens with one attached hydrogen (secondary N) is 2. The Morgan fingerprint density at radius 3 is 2.85 bits per heavy atom. The molecule has 1 unspecified atom stereocenters. The quantitative estimate of drug-likeness (QED) is 0.852. The molecule has 2 amide bonds. The van der Waals surface area contributed by atoms with E-state index in [1.807, 2.05) is 13.8 Å². The number of nitrogens with zero attached hydrogens (tertiary/aromatic N) is 3. The molecule has 0 radical (unpaired) electrons. The van der Waals surface area contributed by atoms with Gasteiger partial charge in [0.1, 0.15) is 11.3 Å². The lowest BCUT2D eigenvalue weighted by atomic mass is 10.1. The summed E-state index contributed by atoms with van der Waals surface area (Å²) in [6.45, 7) is 5.17. The van der Waals surface area contributed by atoms with Crippen LogP contribution in [0.1, 0.15) is 77.2 Å². The summed E-state index contributed by atoms with van der Waals surface area (Å²) in [5.74, 6) is 1.06. The molecule has 8 heteroatoms. The van der Waals surface area contributed by atoms with Gasteiger partial charge in [0, 0.05) is 30.7 Å². The predicted molar refractivity (Wildman–Crippen MR) is 92.9 cm³/mol. The van der Waals surface area contributed by atoms with E-state index in [-0.39, 0.29) is 23.8 Å². The molecule has 2 aromatic heterocycles. The van der Waals surface area contributed by atoms with Gasteiger partial charge < -0.3 is 14.7 Å². The highest BCUT2D eigenvalue weighted by Gasteiger charge is 2.36. The predicted octanol–water partition coefficient (Wildman–Crippen LogP) is 2.04. The number of amides is 2. The Morgan fingerprint density at radius 2 is 2.15 bits per heavy atom. The highest BCUT2D eigenvalue weighted by molar-refractivity contribution is 5.96. The molecule has 1 atom stereocenters. The van der Waals surface area contributed by atoms with Crippen molar-refractivity contribution < 1.29 is 14.1 Å². The fourth-order valence-corrected chi connectivity index (χ4v) is 3.29. The van der Waals surface area contributed by atoms with E-state index >= 15 is 0 Å². The van der Waals surface area contributed by atoms with Gasteiger partial charge in [0.15, 0.2) is 5.76 Å². The van der Waals surface area contributed by atoms with Gasteiger partial charge in [-0.05, 0) is 31.2 Å². The summed E-state index contributed by atoms with van der Waals surface area (Å²) in [4.78, 5) is 26.9. The van der Waals surface area contributed by atoms with Crippen molar-refractivity contribution in [3.8, 4) is 0 Å². The molecule has 4 rings (SSSR count). The van der Waals surface area contributed by atoms with E-state index in [2.05, 4.69) is 20.7 Å². The summed E-state index contributed by atoms with van der Waals surface area (Å²) in [7, 11) is 0. The van der Waals surface area contributed by atoms with Crippen LogP contribution in [-0.4, -0.2) is 51.2 Å². The number of hydrogen-bond acceptors (Lipinski definition) is 5. The molecule has 138 valence electrons. The third-order valence-corrected chi connectivity index (χ3v) is 5.04. The Morgan fingerprint density at radius 1 is 1.35 bits per heavy atom. The van der Waals surface area contributed by atoms with Gasteiger partial charge in [-0.25, -0.2) is 0 Å². The van der Waals surface area contributed by atoms with Crippen LogP contribution in [-0.2, 0) is 0 Å². The minimum Gasteiger partial charge on any atom is -0.360 e. The van der Waals surface area contributed by atoms with E-state index in [0.29, 0.717) is 36.0 Å². The lowest BCUT2D eigenvalue weighted by Crippen LogP contribution is -2.38. The smallest absolute Gasteiger partial charge is 0.272 e. The zero-order chi connectivity index (χ0) is 18.3. The maximum Gasteiger partial charge on any atom is 0.272 e. The maximum absolute atomic E-state index is 12.7. The fourth-order valence-electron chi connectivity index (χ4n) is 3.29. The number of aromatic amines is 1. The first-order valence-corrected chi connectivity index (χ1v) is 9.13. The van der Waals surface area contributed by atoms with Crippen molar-refractivity contribution in [2.24, 2.45) is 0 Å². The minimum atomic E-state index is -0.212. The Hall–Kier alpha value is -2.64. The van der Waals surface area contributed by atoms with Crippen LogP contribution in [0.5, 0.6) is 0 Å². The van der Waals surface area contributed by atoms with Gasteiger partial charge in [-0.3, -0.25) is 14.7 Å². The second kappa shape index (κ2) is 6.59. The molecule has 1 saturated heterocycles. The van der Waals surface area contributed by atoms with E-state index in [9.17, 15) is 9.59 Å². The third-order valence-electron chi connectivity index (χ3n) is 5.04. The normalized spacial score (nSPS) is 20.0. The van der Waals surface area contributed by atoms with E-state index in [0.717, 1.165) is 25.0 Å². The number of hydrogen-bond donors (Lipinski definition) is 2. The first-order valence-electron chi connectivity index (χ1n) is 9.13. The molecular formula is C18H23N5O3. The fraction of sp³-hybridized carbons (Fsp3) is 0.556. The Bertz CT molecular complexity index is 820. The summed E-state index contributed by atoms with van der Waals surface area (Å²) in [6, 6.07) is 1.70. The number of aromatic nitrogens is 3. The van der Waals surface area contributed by atoms with Gasteiger partial charge >= 0.3 is 0 Å². The van der Waals surface area contributed by atoms with E-state index < -0.39 is 0 Å². The lowest BCUT2D eigenvalue weighted by molar-refractivity contribution is 0.0780. The second-order valence-electron chi connectivity index (χ2n) is 7.45. The molecule has 2 N–H and O–H groups in total. The molecule has 0 bridgehead atoms. The van der Waals surface area contributed by atoms with Crippen molar-refractivity contribution in [1.82, 2.24) is 25.6 Å². The standard InChI is InChI=1S/C18H23N5O3/c1-10(2)14-7-15(22-21-14)17(24)20-12-5-6-23(9-12)18(25)13-8-19-26-16(13)11-3-4-11/h7-8,10-12H,3-6,9H2,1-2H3,(H,20,24)(H,21,22). The third kappa shape index (κ3) is 3.23. The topological polar surface area (TPSA) is 104 Å². The summed E-state index contributed by atoms with van der Waals surface area (Å²) in [5, 5.41) is 13.7. The molecule has 1 aliphatic heterocycles. The molecule has 8 nitrogen and oxygen atoms in total. The molecule has 1 saturated carbocycles. The molecule has 1 aliphatic carbocycles. The van der Waals surface area contributed by atoms with E-state index in [4.69, 9.17) is 4.52 Å². The van der Waals surface area contributed by atoms with Crippen molar-refractivity contribution >= 4 is 11.8 Å². The van der Waals surface area contributed by atoms with Gasteiger partial charge in [-0.1, -0.05) is 19.0 Å². The Labute approximate surface area is 151 Å². The maximum atomic E-state index is 12.7. The van der Waals surface area contributed by atoms with Crippen LogP contribution in [0.25, 0.3) is 0 Å². The molecule has 0 aromatic carbocycles. The van der Waals surface area contributed by atoms with Crippen LogP contribution in [0.2, 0.25) is 0 Å². The Kier molecular flexibility index (Phi) is 4.26. The average Bonchev–Trinajstić information content (AvgIpc) is 3.08. The molecule has 2 aliphatic rings. The molecule has 26 heavy (non-hydrogen) atoms. The monoisotopic (exact) mass is 357 g/mol. The van der Waals surface area contributed by atoms with Crippen LogP contribution < -0.4 is 5.32 Å². The largest absolute Gasteiger partial charge is 0.360 e. The van der Waals surface area contributed by atoms with Crippen molar-refractivity contribution in [3.63, 3.8) is 0 Å². The first kappa shape index (κ1) is 16.8. The summed E-state index contributed by atoms with van der Waals surface area (Å²) in [5.41, 5.74) is 1.88. The van der Waals surface area contributed by atoms with E-state index in [1.165, 1.54) is 6.20 Å². The SMILES string of the molecule is CC(C)c1cc(C(=O)NC2CCN(C(=O)c3cnoc3C3CC3)C2)n[nH]1. The molecular weight excluding hydrogens is 334 g/mol. The van der Waals surface area contributed by atoms with Gasteiger partial charge in [-0.15, -0.1) is 0 Å². The van der Waals surface area contributed by atoms with Gasteiger partial charge in [0.05, 0.1) is 6.20 Å². The Balaban J connectivity index is 1.36. The van der Waals surface area contributed by atoms with Crippen LogP contribution >= 0.6 is 0 Å². The highest BCUT2D eigenvalue weighted by atomic mass is 16.5. The second-order valence-corrected chi connectivity index (χ2v) is 7.45. The molecule has 2 aromatic rings. The lowest BCUT2D eigenvalue weighted by Gasteiger charge is -2.16. The van der Waals surface area contributed by atoms with Crippen molar-refractivity contribution in [1.29, 1.82) is 0 Å². The number of rotatable bonds is 5. The average molecular weight is 357 g/mol. The van der Waals surface area contributed by atoms with Gasteiger partial charge in [0.25, 0.3) is 11.8 Å². The van der Waals surface area contributed by atoms with Crippen molar-refractivity contribution in [3.05, 3.63) is 35.0 Å². The first-order chi connectivity index (χ1) is 12.5. The minimum absolute atomic E-state index is 0.0632. The summed E-state index contributed by atoms with van der Waals surface area (Å²) in [6.07, 6.45) is 4.34. The van der Waals surface area contributed by atoms with Crippen LogP contribution in [0.15, 0.2) is 16.8 Å². The van der Waals surface area contributed by atoms with Crippen LogP contribution in [0.4, 0.5) is 0 Å². The molecule has 3 heterocycles. The summed E-state index contributed by atoms with van der Waals surface area (Å²) >= 11 is 0. The van der Waals surface area contributed by atoms with Crippen molar-refractivity contribution in [2.75, 3.05) is 13.1 Å². The van der Waals surface area contributed by atoms with E-state index in [1.54, 1.807) is 11.0 Å².